The highest BCUT2D eigenvalue weighted by Crippen LogP contribution is 2.31. The highest BCUT2D eigenvalue weighted by molar-refractivity contribution is 5.94. The highest BCUT2D eigenvalue weighted by Gasteiger charge is 2.24. The summed E-state index contributed by atoms with van der Waals surface area (Å²) in [6.45, 7) is -0.161. The zero-order valence-electron chi connectivity index (χ0n) is 10.1. The quantitative estimate of drug-likeness (QED) is 0.898. The molecule has 0 amide bonds. The summed E-state index contributed by atoms with van der Waals surface area (Å²) in [4.78, 5) is 22.5. The molecule has 0 unspecified atom stereocenters. The van der Waals surface area contributed by atoms with Crippen LogP contribution in [0.3, 0.4) is 0 Å². The van der Waals surface area contributed by atoms with Crippen molar-refractivity contribution in [3.63, 3.8) is 0 Å². The van der Waals surface area contributed by atoms with Crippen molar-refractivity contribution in [3.05, 3.63) is 35.3 Å². The van der Waals surface area contributed by atoms with E-state index in [0.717, 1.165) is 11.3 Å². The molecule has 0 fully saturated rings. The fourth-order valence-corrected chi connectivity index (χ4v) is 2.79. The molecule has 2 aromatic rings. The summed E-state index contributed by atoms with van der Waals surface area (Å²) in [6.07, 6.45) is 1.21. The van der Waals surface area contributed by atoms with Crippen molar-refractivity contribution >= 4 is 22.7 Å². The number of nitrogens with zero attached hydrogens (tertiary/aromatic N) is 1. The van der Waals surface area contributed by atoms with Gasteiger partial charge in [-0.05, 0) is 30.2 Å². The third-order valence-electron chi connectivity index (χ3n) is 3.56. The van der Waals surface area contributed by atoms with Crippen LogP contribution in [0.4, 0.5) is 4.39 Å². The minimum atomic E-state index is -0.944. The number of ketones is 1. The van der Waals surface area contributed by atoms with Crippen molar-refractivity contribution in [2.75, 3.05) is 0 Å². The first kappa shape index (κ1) is 11.9. The summed E-state index contributed by atoms with van der Waals surface area (Å²) in [5, 5.41) is 9.65. The fourth-order valence-electron chi connectivity index (χ4n) is 2.79. The second-order valence-corrected chi connectivity index (χ2v) is 4.78. The molecule has 0 saturated heterocycles. The van der Waals surface area contributed by atoms with Gasteiger partial charge in [-0.2, -0.15) is 0 Å². The summed E-state index contributed by atoms with van der Waals surface area (Å²) >= 11 is 0. The minimum Gasteiger partial charge on any atom is -0.480 e. The number of aliphatic carboxylic acids is 1. The fraction of sp³-hybridized carbons (Fsp3) is 0.286. The van der Waals surface area contributed by atoms with Crippen LogP contribution in [0.15, 0.2) is 18.2 Å². The number of halogens is 1. The molecule has 1 aliphatic carbocycles. The van der Waals surface area contributed by atoms with Crippen LogP contribution in [-0.2, 0) is 29.0 Å². The van der Waals surface area contributed by atoms with E-state index < -0.39 is 5.97 Å². The lowest BCUT2D eigenvalue weighted by Gasteiger charge is -2.14. The number of Topliss-reactive ketones (excluding diaryl/α,β-unsaturated/α-hetero) is 1. The van der Waals surface area contributed by atoms with E-state index in [9.17, 15) is 14.0 Å². The molecule has 98 valence electrons. The van der Waals surface area contributed by atoms with Crippen LogP contribution in [0.25, 0.3) is 10.9 Å². The van der Waals surface area contributed by atoms with Gasteiger partial charge in [0.15, 0.2) is 0 Å². The molecule has 4 nitrogen and oxygen atoms in total. The number of fused-ring (bicyclic) bond motifs is 3. The molecular weight excluding hydrogens is 249 g/mol. The van der Waals surface area contributed by atoms with Crippen molar-refractivity contribution in [1.82, 2.24) is 4.57 Å². The molecule has 19 heavy (non-hydrogen) atoms. The van der Waals surface area contributed by atoms with E-state index in [0.29, 0.717) is 23.7 Å². The lowest BCUT2D eigenvalue weighted by Crippen LogP contribution is -2.17. The number of carbonyl (C=O) groups excluding carboxylic acids is 1. The highest BCUT2D eigenvalue weighted by atomic mass is 19.1. The maximum Gasteiger partial charge on any atom is 0.323 e. The van der Waals surface area contributed by atoms with Gasteiger partial charge in [-0.15, -0.1) is 0 Å². The van der Waals surface area contributed by atoms with E-state index in [4.69, 9.17) is 5.11 Å². The lowest BCUT2D eigenvalue weighted by atomic mass is 9.94. The van der Waals surface area contributed by atoms with Gasteiger partial charge in [0.25, 0.3) is 0 Å². The molecule has 5 heteroatoms. The van der Waals surface area contributed by atoms with Gasteiger partial charge in [0.05, 0.1) is 0 Å². The molecule has 1 aromatic heterocycles. The van der Waals surface area contributed by atoms with Crippen LogP contribution < -0.4 is 0 Å². The van der Waals surface area contributed by atoms with Gasteiger partial charge in [0, 0.05) is 29.4 Å². The largest absolute Gasteiger partial charge is 0.480 e. The Bertz CT molecular complexity index is 702. The van der Waals surface area contributed by atoms with Gasteiger partial charge in [0.1, 0.15) is 18.1 Å². The normalized spacial score (nSPS) is 14.7. The Kier molecular flexibility index (Phi) is 2.62. The van der Waals surface area contributed by atoms with E-state index in [1.54, 1.807) is 10.6 Å². The van der Waals surface area contributed by atoms with E-state index in [1.807, 2.05) is 0 Å². The van der Waals surface area contributed by atoms with Gasteiger partial charge in [0.2, 0.25) is 0 Å². The molecule has 1 aliphatic rings. The van der Waals surface area contributed by atoms with Gasteiger partial charge >= 0.3 is 5.97 Å². The first-order valence-corrected chi connectivity index (χ1v) is 6.09. The summed E-state index contributed by atoms with van der Waals surface area (Å²) in [7, 11) is 0. The topological polar surface area (TPSA) is 59.3 Å². The predicted octanol–water partition coefficient (Wildman–Crippen LogP) is 1.92. The number of rotatable bonds is 2. The first-order valence-electron chi connectivity index (χ1n) is 6.09. The number of carboxylic acid groups (broad SMARTS) is 1. The van der Waals surface area contributed by atoms with Crippen molar-refractivity contribution in [2.45, 2.75) is 25.8 Å². The molecule has 0 spiro atoms. The molecule has 0 bridgehead atoms. The molecular formula is C14H12FNO3. The Morgan fingerprint density at radius 3 is 2.89 bits per heavy atom. The zero-order chi connectivity index (χ0) is 13.6. The summed E-state index contributed by atoms with van der Waals surface area (Å²) in [5.41, 5.74) is 2.32. The summed E-state index contributed by atoms with van der Waals surface area (Å²) in [6, 6.07) is 4.27. The molecule has 1 aromatic carbocycles. The van der Waals surface area contributed by atoms with Crippen LogP contribution in [-0.4, -0.2) is 21.4 Å². The van der Waals surface area contributed by atoms with Gasteiger partial charge in [-0.3, -0.25) is 9.59 Å². The molecule has 0 saturated carbocycles. The Labute approximate surface area is 108 Å². The van der Waals surface area contributed by atoms with Crippen molar-refractivity contribution in [2.24, 2.45) is 0 Å². The van der Waals surface area contributed by atoms with Gasteiger partial charge in [-0.25, -0.2) is 4.39 Å². The number of carboxylic acids is 1. The maximum absolute atomic E-state index is 13.4. The molecule has 0 aliphatic heterocycles. The molecule has 3 rings (SSSR count). The number of carbonyl (C=O) groups is 2. The zero-order valence-corrected chi connectivity index (χ0v) is 10.1. The van der Waals surface area contributed by atoms with E-state index in [1.165, 1.54) is 12.1 Å². The Morgan fingerprint density at radius 2 is 2.16 bits per heavy atom. The summed E-state index contributed by atoms with van der Waals surface area (Å²) in [5.74, 6) is -1.20. The van der Waals surface area contributed by atoms with E-state index in [2.05, 4.69) is 0 Å². The van der Waals surface area contributed by atoms with Crippen LogP contribution in [0.5, 0.6) is 0 Å². The van der Waals surface area contributed by atoms with Crippen LogP contribution in [0, 0.1) is 5.82 Å². The Morgan fingerprint density at radius 1 is 1.37 bits per heavy atom. The Balaban J connectivity index is 2.29. The molecule has 0 radical (unpaired) electrons. The smallest absolute Gasteiger partial charge is 0.323 e. The average molecular weight is 261 g/mol. The maximum atomic E-state index is 13.4. The van der Waals surface area contributed by atoms with Crippen LogP contribution >= 0.6 is 0 Å². The van der Waals surface area contributed by atoms with Crippen molar-refractivity contribution < 1.29 is 19.1 Å². The van der Waals surface area contributed by atoms with E-state index >= 15 is 0 Å². The number of hydrogen-bond acceptors (Lipinski definition) is 2. The number of aromatic nitrogens is 1. The van der Waals surface area contributed by atoms with Gasteiger partial charge in [-0.1, -0.05) is 0 Å². The third kappa shape index (κ3) is 1.91. The first-order chi connectivity index (χ1) is 9.06. The molecule has 1 heterocycles. The minimum absolute atomic E-state index is 0.117. The second kappa shape index (κ2) is 4.19. The Hall–Kier alpha value is -2.17. The molecule has 1 N–H and O–H groups in total. The predicted molar refractivity (Wildman–Crippen MR) is 66.6 cm³/mol. The average Bonchev–Trinajstić information content (AvgIpc) is 2.62. The standard InChI is InChI=1S/C14H12FNO3/c15-8-1-3-12-10(5-8)11-6-9(17)2-4-13(11)16(12)7-14(18)19/h1,3,5H,2,4,6-7H2,(H,18,19). The second-order valence-electron chi connectivity index (χ2n) is 4.78. The monoisotopic (exact) mass is 261 g/mol. The number of hydrogen-bond donors (Lipinski definition) is 1. The van der Waals surface area contributed by atoms with Crippen LogP contribution in [0.1, 0.15) is 17.7 Å². The number of benzene rings is 1. The van der Waals surface area contributed by atoms with Gasteiger partial charge < -0.3 is 9.67 Å². The lowest BCUT2D eigenvalue weighted by molar-refractivity contribution is -0.137. The SMILES string of the molecule is O=C(O)Cn1c2c(c3cc(F)ccc31)CC(=O)CC2. The van der Waals surface area contributed by atoms with Crippen molar-refractivity contribution in [1.29, 1.82) is 0 Å². The summed E-state index contributed by atoms with van der Waals surface area (Å²) < 4.78 is 15.0. The van der Waals surface area contributed by atoms with Crippen molar-refractivity contribution in [3.8, 4) is 0 Å². The van der Waals surface area contributed by atoms with Crippen LogP contribution in [0.2, 0.25) is 0 Å². The van der Waals surface area contributed by atoms with E-state index in [-0.39, 0.29) is 24.6 Å². The third-order valence-corrected chi connectivity index (χ3v) is 3.56. The molecule has 0 atom stereocenters.